The zero-order valence-corrected chi connectivity index (χ0v) is 16.7. The van der Waals surface area contributed by atoms with E-state index in [9.17, 15) is 18.8 Å². The standard InChI is InChI=1S/C22H14F2N4O2S/c23-16-7-8-17(18(24)10-16)19(11-25)26-20(29)12-31-22-28-27-21(30-22)15-6-5-13-3-1-2-4-14(13)9-15/h1-10,19H,12H2,(H,26,29). The zero-order chi connectivity index (χ0) is 21.8. The quantitative estimate of drug-likeness (QED) is 0.443. The molecule has 0 aliphatic heterocycles. The van der Waals surface area contributed by atoms with Gasteiger partial charge in [-0.05, 0) is 29.0 Å². The van der Waals surface area contributed by atoms with Gasteiger partial charge >= 0.3 is 0 Å². The second kappa shape index (κ2) is 8.93. The smallest absolute Gasteiger partial charge is 0.277 e. The highest BCUT2D eigenvalue weighted by atomic mass is 32.2. The van der Waals surface area contributed by atoms with E-state index in [2.05, 4.69) is 15.5 Å². The van der Waals surface area contributed by atoms with E-state index in [0.717, 1.165) is 40.2 Å². The minimum atomic E-state index is -1.25. The molecular weight excluding hydrogens is 422 g/mol. The molecule has 0 saturated carbocycles. The summed E-state index contributed by atoms with van der Waals surface area (Å²) in [5.74, 6) is -2.02. The number of rotatable bonds is 6. The fourth-order valence-corrected chi connectivity index (χ4v) is 3.53. The Kier molecular flexibility index (Phi) is 5.91. The molecule has 1 aromatic heterocycles. The van der Waals surface area contributed by atoms with Crippen LogP contribution in [0.5, 0.6) is 0 Å². The SMILES string of the molecule is N#CC(NC(=O)CSc1nnc(-c2ccc3ccccc3c2)o1)c1ccc(F)cc1F. The molecule has 1 N–H and O–H groups in total. The Morgan fingerprint density at radius 3 is 2.68 bits per heavy atom. The maximum absolute atomic E-state index is 13.9. The van der Waals surface area contributed by atoms with Crippen molar-refractivity contribution in [1.29, 1.82) is 5.26 Å². The molecule has 4 rings (SSSR count). The third kappa shape index (κ3) is 4.70. The fourth-order valence-electron chi connectivity index (χ4n) is 2.95. The van der Waals surface area contributed by atoms with Crippen LogP contribution in [0.1, 0.15) is 11.6 Å². The van der Waals surface area contributed by atoms with Crippen LogP contribution in [0.15, 0.2) is 70.3 Å². The fraction of sp³-hybridized carbons (Fsp3) is 0.0909. The first-order valence-corrected chi connectivity index (χ1v) is 10.1. The van der Waals surface area contributed by atoms with E-state index < -0.39 is 23.6 Å². The molecule has 154 valence electrons. The van der Waals surface area contributed by atoms with E-state index in [1.54, 1.807) is 6.07 Å². The summed E-state index contributed by atoms with van der Waals surface area (Å²) in [7, 11) is 0. The first-order chi connectivity index (χ1) is 15.0. The van der Waals surface area contributed by atoms with E-state index in [4.69, 9.17) is 4.42 Å². The molecular formula is C22H14F2N4O2S. The third-order valence-electron chi connectivity index (χ3n) is 4.44. The van der Waals surface area contributed by atoms with Gasteiger partial charge in [0.1, 0.15) is 17.7 Å². The molecule has 1 unspecified atom stereocenters. The van der Waals surface area contributed by atoms with Crippen LogP contribution in [-0.4, -0.2) is 21.9 Å². The van der Waals surface area contributed by atoms with Gasteiger partial charge in [-0.15, -0.1) is 10.2 Å². The number of fused-ring (bicyclic) bond motifs is 1. The first-order valence-electron chi connectivity index (χ1n) is 9.13. The highest BCUT2D eigenvalue weighted by molar-refractivity contribution is 7.99. The molecule has 31 heavy (non-hydrogen) atoms. The number of nitriles is 1. The topological polar surface area (TPSA) is 91.8 Å². The number of benzene rings is 3. The van der Waals surface area contributed by atoms with Gasteiger partial charge in [0.15, 0.2) is 0 Å². The lowest BCUT2D eigenvalue weighted by molar-refractivity contribution is -0.119. The van der Waals surface area contributed by atoms with Crippen LogP contribution in [0.2, 0.25) is 0 Å². The molecule has 1 heterocycles. The van der Waals surface area contributed by atoms with Crippen molar-refractivity contribution in [2.45, 2.75) is 11.3 Å². The minimum absolute atomic E-state index is 0.112. The van der Waals surface area contributed by atoms with Crippen LogP contribution >= 0.6 is 11.8 Å². The summed E-state index contributed by atoms with van der Waals surface area (Å²) in [6.07, 6.45) is 0. The number of nitrogens with zero attached hydrogens (tertiary/aromatic N) is 3. The van der Waals surface area contributed by atoms with Gasteiger partial charge < -0.3 is 9.73 Å². The Morgan fingerprint density at radius 1 is 1.10 bits per heavy atom. The molecule has 1 amide bonds. The van der Waals surface area contributed by atoms with Gasteiger partial charge in [0.05, 0.1) is 11.8 Å². The lowest BCUT2D eigenvalue weighted by Crippen LogP contribution is -2.29. The number of hydrogen-bond acceptors (Lipinski definition) is 6. The van der Waals surface area contributed by atoms with Gasteiger partial charge in [0, 0.05) is 17.2 Å². The lowest BCUT2D eigenvalue weighted by Gasteiger charge is -2.12. The number of carbonyl (C=O) groups excluding carboxylic acids is 1. The second-order valence-electron chi connectivity index (χ2n) is 6.52. The Labute approximate surface area is 179 Å². The van der Waals surface area contributed by atoms with E-state index in [0.29, 0.717) is 12.0 Å². The summed E-state index contributed by atoms with van der Waals surface area (Å²) in [4.78, 5) is 12.2. The Bertz CT molecular complexity index is 1300. The average molecular weight is 436 g/mol. The molecule has 9 heteroatoms. The number of aromatic nitrogens is 2. The third-order valence-corrected chi connectivity index (χ3v) is 5.26. The normalized spacial score (nSPS) is 11.8. The number of nitrogens with one attached hydrogen (secondary N) is 1. The average Bonchev–Trinajstić information content (AvgIpc) is 3.25. The lowest BCUT2D eigenvalue weighted by atomic mass is 10.1. The van der Waals surface area contributed by atoms with Crippen molar-refractivity contribution in [2.75, 3.05) is 5.75 Å². The van der Waals surface area contributed by atoms with E-state index in [-0.39, 0.29) is 16.5 Å². The summed E-state index contributed by atoms with van der Waals surface area (Å²) in [6, 6.07) is 17.0. The van der Waals surface area contributed by atoms with Crippen LogP contribution in [0.3, 0.4) is 0 Å². The van der Waals surface area contributed by atoms with Gasteiger partial charge in [-0.3, -0.25) is 4.79 Å². The molecule has 0 aliphatic carbocycles. The van der Waals surface area contributed by atoms with Crippen molar-refractivity contribution in [1.82, 2.24) is 15.5 Å². The molecule has 6 nitrogen and oxygen atoms in total. The van der Waals surface area contributed by atoms with Crippen LogP contribution < -0.4 is 5.32 Å². The molecule has 3 aromatic carbocycles. The molecule has 4 aromatic rings. The van der Waals surface area contributed by atoms with E-state index >= 15 is 0 Å². The monoisotopic (exact) mass is 436 g/mol. The Balaban J connectivity index is 1.39. The second-order valence-corrected chi connectivity index (χ2v) is 7.45. The molecule has 0 spiro atoms. The van der Waals surface area contributed by atoms with Gasteiger partial charge in [-0.2, -0.15) is 5.26 Å². The number of hydrogen-bond donors (Lipinski definition) is 1. The van der Waals surface area contributed by atoms with Crippen molar-refractivity contribution in [2.24, 2.45) is 0 Å². The van der Waals surface area contributed by atoms with Crippen molar-refractivity contribution in [3.8, 4) is 17.5 Å². The summed E-state index contributed by atoms with van der Waals surface area (Å²) in [5.41, 5.74) is 0.637. The van der Waals surface area contributed by atoms with Gasteiger partial charge in [-0.25, -0.2) is 8.78 Å². The van der Waals surface area contributed by atoms with Crippen LogP contribution in [0.25, 0.3) is 22.2 Å². The van der Waals surface area contributed by atoms with Crippen molar-refractivity contribution in [3.63, 3.8) is 0 Å². The maximum atomic E-state index is 13.9. The van der Waals surface area contributed by atoms with Crippen molar-refractivity contribution < 1.29 is 18.0 Å². The Hall–Kier alpha value is -3.77. The summed E-state index contributed by atoms with van der Waals surface area (Å²) >= 11 is 0.986. The number of thioether (sulfide) groups is 1. The van der Waals surface area contributed by atoms with Crippen LogP contribution in [0, 0.1) is 23.0 Å². The van der Waals surface area contributed by atoms with Crippen molar-refractivity contribution >= 4 is 28.4 Å². The predicted molar refractivity (Wildman–Crippen MR) is 111 cm³/mol. The summed E-state index contributed by atoms with van der Waals surface area (Å²) in [5, 5.41) is 21.9. The minimum Gasteiger partial charge on any atom is -0.411 e. The molecule has 0 saturated heterocycles. The molecule has 0 bridgehead atoms. The van der Waals surface area contributed by atoms with Gasteiger partial charge in [0.2, 0.25) is 11.8 Å². The first kappa shape index (κ1) is 20.5. The largest absolute Gasteiger partial charge is 0.411 e. The highest BCUT2D eigenvalue weighted by Gasteiger charge is 2.19. The maximum Gasteiger partial charge on any atom is 0.277 e. The number of carbonyl (C=O) groups is 1. The van der Waals surface area contributed by atoms with Crippen molar-refractivity contribution in [3.05, 3.63) is 77.9 Å². The van der Waals surface area contributed by atoms with Crippen LogP contribution in [0.4, 0.5) is 8.78 Å². The van der Waals surface area contributed by atoms with Gasteiger partial charge in [0.25, 0.3) is 5.22 Å². The Morgan fingerprint density at radius 2 is 1.90 bits per heavy atom. The molecule has 0 fully saturated rings. The van der Waals surface area contributed by atoms with E-state index in [1.165, 1.54) is 0 Å². The van der Waals surface area contributed by atoms with Gasteiger partial charge in [-0.1, -0.05) is 48.2 Å². The number of amides is 1. The zero-order valence-electron chi connectivity index (χ0n) is 15.9. The predicted octanol–water partition coefficient (Wildman–Crippen LogP) is 4.64. The molecule has 0 radical (unpaired) electrons. The van der Waals surface area contributed by atoms with E-state index in [1.807, 2.05) is 42.5 Å². The molecule has 0 aliphatic rings. The number of halogens is 2. The molecule has 1 atom stereocenters. The summed E-state index contributed by atoms with van der Waals surface area (Å²) in [6.45, 7) is 0. The summed E-state index contributed by atoms with van der Waals surface area (Å²) < 4.78 is 32.5. The van der Waals surface area contributed by atoms with Crippen LogP contribution in [-0.2, 0) is 4.79 Å². The highest BCUT2D eigenvalue weighted by Crippen LogP contribution is 2.26.